The lowest BCUT2D eigenvalue weighted by Gasteiger charge is -2.13. The second-order valence-corrected chi connectivity index (χ2v) is 6.45. The predicted octanol–water partition coefficient (Wildman–Crippen LogP) is 4.16. The zero-order chi connectivity index (χ0) is 21.5. The molecule has 0 fully saturated rings. The summed E-state index contributed by atoms with van der Waals surface area (Å²) in [6.45, 7) is 1.40. The van der Waals surface area contributed by atoms with Gasteiger partial charge in [0.15, 0.2) is 0 Å². The Hall–Kier alpha value is -4.13. The van der Waals surface area contributed by atoms with Crippen LogP contribution in [0.1, 0.15) is 27.6 Å². The van der Waals surface area contributed by atoms with Crippen molar-refractivity contribution in [3.05, 3.63) is 83.9 Å². The second kappa shape index (κ2) is 9.38. The van der Waals surface area contributed by atoms with Crippen LogP contribution in [0, 0.1) is 0 Å². The molecule has 3 rings (SSSR count). The van der Waals surface area contributed by atoms with Crippen LogP contribution in [0.3, 0.4) is 0 Å². The molecule has 3 aromatic carbocycles. The fourth-order valence-electron chi connectivity index (χ4n) is 2.81. The number of carbonyl (C=O) groups is 3. The number of hydrogen-bond acceptors (Lipinski definition) is 4. The molecule has 0 heterocycles. The third-order valence-corrected chi connectivity index (χ3v) is 4.19. The summed E-state index contributed by atoms with van der Waals surface area (Å²) in [6.07, 6.45) is 0. The Kier molecular flexibility index (Phi) is 6.44. The molecular weight excluding hydrogens is 382 g/mol. The molecule has 3 aromatic rings. The van der Waals surface area contributed by atoms with Gasteiger partial charge in [-0.25, -0.2) is 0 Å². The average Bonchev–Trinajstić information content (AvgIpc) is 2.74. The number of amides is 3. The lowest BCUT2D eigenvalue weighted by Crippen LogP contribution is -2.15. The number of benzene rings is 3. The molecule has 152 valence electrons. The summed E-state index contributed by atoms with van der Waals surface area (Å²) in [7, 11) is 1.50. The highest BCUT2D eigenvalue weighted by molar-refractivity contribution is 6.07. The molecule has 7 heteroatoms. The van der Waals surface area contributed by atoms with Crippen LogP contribution in [0.5, 0.6) is 5.75 Å². The highest BCUT2D eigenvalue weighted by Gasteiger charge is 2.13. The SMILES string of the molecule is COc1ccc(NC(=O)c2cccc(NC(C)=O)c2)cc1NC(=O)c1ccccc1. The number of carbonyl (C=O) groups excluding carboxylic acids is 3. The molecule has 3 N–H and O–H groups in total. The molecule has 30 heavy (non-hydrogen) atoms. The van der Waals surface area contributed by atoms with Crippen molar-refractivity contribution in [1.82, 2.24) is 0 Å². The molecule has 0 atom stereocenters. The number of methoxy groups -OCH3 is 1. The lowest BCUT2D eigenvalue weighted by molar-refractivity contribution is -0.114. The zero-order valence-corrected chi connectivity index (χ0v) is 16.6. The van der Waals surface area contributed by atoms with E-state index in [4.69, 9.17) is 4.74 Å². The fourth-order valence-corrected chi connectivity index (χ4v) is 2.81. The summed E-state index contributed by atoms with van der Waals surface area (Å²) in [5.74, 6) is -0.403. The maximum Gasteiger partial charge on any atom is 0.255 e. The summed E-state index contributed by atoms with van der Waals surface area (Å²) >= 11 is 0. The number of anilines is 3. The minimum Gasteiger partial charge on any atom is -0.495 e. The minimum absolute atomic E-state index is 0.221. The molecule has 0 spiro atoms. The Balaban J connectivity index is 1.78. The van der Waals surface area contributed by atoms with E-state index in [1.807, 2.05) is 6.07 Å². The van der Waals surface area contributed by atoms with E-state index in [-0.39, 0.29) is 17.7 Å². The summed E-state index contributed by atoms with van der Waals surface area (Å²) in [5.41, 5.74) is 2.32. The standard InChI is InChI=1S/C23H21N3O4/c1-15(27)24-18-10-6-9-17(13-18)23(29)25-19-11-12-21(30-2)20(14-19)26-22(28)16-7-4-3-5-8-16/h3-14H,1-2H3,(H,24,27)(H,25,29)(H,26,28). The predicted molar refractivity (Wildman–Crippen MR) is 116 cm³/mol. The normalized spacial score (nSPS) is 10.1. The van der Waals surface area contributed by atoms with E-state index in [9.17, 15) is 14.4 Å². The third kappa shape index (κ3) is 5.23. The lowest BCUT2D eigenvalue weighted by atomic mass is 10.1. The van der Waals surface area contributed by atoms with Gasteiger partial charge in [0.1, 0.15) is 5.75 Å². The number of nitrogens with one attached hydrogen (secondary N) is 3. The first-order valence-corrected chi connectivity index (χ1v) is 9.19. The average molecular weight is 403 g/mol. The molecule has 0 aliphatic heterocycles. The van der Waals surface area contributed by atoms with Gasteiger partial charge < -0.3 is 20.7 Å². The monoisotopic (exact) mass is 403 g/mol. The number of rotatable bonds is 6. The van der Waals surface area contributed by atoms with Gasteiger partial charge in [0.25, 0.3) is 11.8 Å². The molecule has 0 saturated carbocycles. The van der Waals surface area contributed by atoms with E-state index in [1.54, 1.807) is 66.7 Å². The van der Waals surface area contributed by atoms with Crippen LogP contribution in [-0.4, -0.2) is 24.8 Å². The molecule has 0 radical (unpaired) electrons. The van der Waals surface area contributed by atoms with Gasteiger partial charge in [0.2, 0.25) is 5.91 Å². The summed E-state index contributed by atoms with van der Waals surface area (Å²) in [5, 5.41) is 8.23. The van der Waals surface area contributed by atoms with E-state index < -0.39 is 0 Å². The van der Waals surface area contributed by atoms with Gasteiger partial charge in [-0.1, -0.05) is 24.3 Å². The molecule has 0 aliphatic rings. The first-order valence-electron chi connectivity index (χ1n) is 9.19. The maximum absolute atomic E-state index is 12.6. The van der Waals surface area contributed by atoms with Crippen molar-refractivity contribution >= 4 is 34.8 Å². The van der Waals surface area contributed by atoms with Gasteiger partial charge in [0.05, 0.1) is 12.8 Å². The van der Waals surface area contributed by atoms with Crippen LogP contribution in [0.2, 0.25) is 0 Å². The number of ether oxygens (including phenoxy) is 1. The summed E-state index contributed by atoms with van der Waals surface area (Å²) < 4.78 is 5.31. The van der Waals surface area contributed by atoms with E-state index in [2.05, 4.69) is 16.0 Å². The summed E-state index contributed by atoms with van der Waals surface area (Å²) in [6, 6.07) is 20.3. The van der Waals surface area contributed by atoms with Crippen molar-refractivity contribution in [3.63, 3.8) is 0 Å². The van der Waals surface area contributed by atoms with Gasteiger partial charge in [-0.05, 0) is 48.5 Å². The topological polar surface area (TPSA) is 96.5 Å². The largest absolute Gasteiger partial charge is 0.495 e. The fraction of sp³-hybridized carbons (Fsp3) is 0.0870. The smallest absolute Gasteiger partial charge is 0.255 e. The van der Waals surface area contributed by atoms with Crippen LogP contribution in [0.25, 0.3) is 0 Å². The van der Waals surface area contributed by atoms with Crippen LogP contribution < -0.4 is 20.7 Å². The van der Waals surface area contributed by atoms with Crippen LogP contribution in [-0.2, 0) is 4.79 Å². The first-order chi connectivity index (χ1) is 14.5. The Morgan fingerprint density at radius 3 is 2.07 bits per heavy atom. The van der Waals surface area contributed by atoms with Gasteiger partial charge >= 0.3 is 0 Å². The van der Waals surface area contributed by atoms with Crippen molar-refractivity contribution in [1.29, 1.82) is 0 Å². The molecule has 7 nitrogen and oxygen atoms in total. The van der Waals surface area contributed by atoms with Crippen LogP contribution in [0.4, 0.5) is 17.1 Å². The first kappa shape index (κ1) is 20.6. The molecule has 0 aromatic heterocycles. The zero-order valence-electron chi connectivity index (χ0n) is 16.6. The molecule has 3 amide bonds. The molecule has 0 saturated heterocycles. The highest BCUT2D eigenvalue weighted by Crippen LogP contribution is 2.28. The molecule has 0 unspecified atom stereocenters. The Bertz CT molecular complexity index is 1080. The third-order valence-electron chi connectivity index (χ3n) is 4.19. The van der Waals surface area contributed by atoms with E-state index in [1.165, 1.54) is 14.0 Å². The molecule has 0 bridgehead atoms. The highest BCUT2D eigenvalue weighted by atomic mass is 16.5. The molecule has 0 aliphatic carbocycles. The number of hydrogen-bond donors (Lipinski definition) is 3. The van der Waals surface area contributed by atoms with Crippen LogP contribution in [0.15, 0.2) is 72.8 Å². The van der Waals surface area contributed by atoms with Crippen molar-refractivity contribution in [2.24, 2.45) is 0 Å². The van der Waals surface area contributed by atoms with Crippen molar-refractivity contribution in [3.8, 4) is 5.75 Å². The quantitative estimate of drug-likeness (QED) is 0.576. The van der Waals surface area contributed by atoms with E-state index in [0.29, 0.717) is 33.9 Å². The van der Waals surface area contributed by atoms with Crippen LogP contribution >= 0.6 is 0 Å². The van der Waals surface area contributed by atoms with E-state index in [0.717, 1.165) is 0 Å². The minimum atomic E-state index is -0.354. The Morgan fingerprint density at radius 1 is 0.700 bits per heavy atom. The summed E-state index contributed by atoms with van der Waals surface area (Å²) in [4.78, 5) is 36.3. The second-order valence-electron chi connectivity index (χ2n) is 6.45. The Morgan fingerprint density at radius 2 is 1.37 bits per heavy atom. The molecular formula is C23H21N3O4. The van der Waals surface area contributed by atoms with E-state index >= 15 is 0 Å². The van der Waals surface area contributed by atoms with Gasteiger partial charge in [-0.3, -0.25) is 14.4 Å². The van der Waals surface area contributed by atoms with Crippen molar-refractivity contribution in [2.75, 3.05) is 23.1 Å². The van der Waals surface area contributed by atoms with Gasteiger partial charge in [0, 0.05) is 29.4 Å². The van der Waals surface area contributed by atoms with Gasteiger partial charge in [-0.15, -0.1) is 0 Å². The maximum atomic E-state index is 12.6. The Labute approximate surface area is 174 Å². The van der Waals surface area contributed by atoms with Crippen molar-refractivity contribution in [2.45, 2.75) is 6.92 Å². The van der Waals surface area contributed by atoms with Crippen molar-refractivity contribution < 1.29 is 19.1 Å². The van der Waals surface area contributed by atoms with Gasteiger partial charge in [-0.2, -0.15) is 0 Å².